The lowest BCUT2D eigenvalue weighted by Crippen LogP contribution is -2.56. The number of nitrogens with zero attached hydrogens (tertiary/aromatic N) is 4. The number of hydrogen-bond acceptors (Lipinski definition) is 5. The summed E-state index contributed by atoms with van der Waals surface area (Å²) in [4.78, 5) is 10.0. The fraction of sp³-hybridized carbons (Fsp3) is 0.375. The van der Waals surface area contributed by atoms with Crippen LogP contribution < -0.4 is 10.6 Å². The molecule has 2 N–H and O–H groups in total. The zero-order chi connectivity index (χ0) is 9.26. The van der Waals surface area contributed by atoms with Crippen LogP contribution in [0.4, 0.5) is 5.95 Å². The quantitative estimate of drug-likeness (QED) is 0.775. The third kappa shape index (κ3) is 2.93. The Morgan fingerprint density at radius 2 is 2.13 bits per heavy atom. The monoisotopic (exact) mass is 247 g/mol. The lowest BCUT2D eigenvalue weighted by Gasteiger charge is -2.36. The topological polar surface area (TPSA) is 78.8 Å². The Morgan fingerprint density at radius 3 is 2.67 bits per heavy atom. The van der Waals surface area contributed by atoms with Crippen molar-refractivity contribution in [1.82, 2.24) is 9.97 Å². The third-order valence-electron chi connectivity index (χ3n) is 1.95. The van der Waals surface area contributed by atoms with Crippen molar-refractivity contribution in [1.29, 1.82) is 5.26 Å². The molecular formula is C8H11Cl2N5. The van der Waals surface area contributed by atoms with Gasteiger partial charge in [-0.2, -0.15) is 5.26 Å². The summed E-state index contributed by atoms with van der Waals surface area (Å²) in [5.74, 6) is 0.598. The standard InChI is InChI=1S/C8H9N5.2ClH/c9-3-7-1-2-11-8(12-7)13-4-6(10)5-13;;/h1-2,6H,4-5,10H2;2*1H. The maximum atomic E-state index is 8.60. The van der Waals surface area contributed by atoms with Crippen molar-refractivity contribution in [3.8, 4) is 6.07 Å². The molecule has 15 heavy (non-hydrogen) atoms. The summed E-state index contributed by atoms with van der Waals surface area (Å²) in [6.45, 7) is 1.55. The molecule has 0 atom stereocenters. The molecule has 0 bridgehead atoms. The van der Waals surface area contributed by atoms with E-state index in [1.807, 2.05) is 11.0 Å². The average Bonchev–Trinajstić information content (AvgIpc) is 2.13. The lowest BCUT2D eigenvalue weighted by atomic mass is 10.1. The summed E-state index contributed by atoms with van der Waals surface area (Å²) >= 11 is 0. The largest absolute Gasteiger partial charge is 0.338 e. The second-order valence-corrected chi connectivity index (χ2v) is 3.02. The molecule has 0 amide bonds. The van der Waals surface area contributed by atoms with E-state index in [2.05, 4.69) is 9.97 Å². The van der Waals surface area contributed by atoms with Gasteiger partial charge in [0, 0.05) is 25.3 Å². The van der Waals surface area contributed by atoms with Crippen molar-refractivity contribution in [2.45, 2.75) is 6.04 Å². The highest BCUT2D eigenvalue weighted by Crippen LogP contribution is 2.14. The van der Waals surface area contributed by atoms with Gasteiger partial charge in [-0.25, -0.2) is 9.97 Å². The summed E-state index contributed by atoms with van der Waals surface area (Å²) in [6.07, 6.45) is 1.59. The predicted molar refractivity (Wildman–Crippen MR) is 61.4 cm³/mol. The van der Waals surface area contributed by atoms with Crippen molar-refractivity contribution in [2.24, 2.45) is 5.73 Å². The molecule has 1 fully saturated rings. The van der Waals surface area contributed by atoms with Gasteiger partial charge < -0.3 is 10.6 Å². The third-order valence-corrected chi connectivity index (χ3v) is 1.95. The van der Waals surface area contributed by atoms with Crippen LogP contribution in [0.25, 0.3) is 0 Å². The number of nitrogens with two attached hydrogens (primary N) is 1. The average molecular weight is 248 g/mol. The maximum Gasteiger partial charge on any atom is 0.226 e. The van der Waals surface area contributed by atoms with Crippen molar-refractivity contribution in [3.05, 3.63) is 18.0 Å². The molecule has 0 aliphatic carbocycles. The van der Waals surface area contributed by atoms with E-state index in [1.165, 1.54) is 0 Å². The highest BCUT2D eigenvalue weighted by molar-refractivity contribution is 5.85. The van der Waals surface area contributed by atoms with Crippen LogP contribution in [0, 0.1) is 11.3 Å². The van der Waals surface area contributed by atoms with E-state index in [1.54, 1.807) is 12.3 Å². The van der Waals surface area contributed by atoms with Gasteiger partial charge in [-0.3, -0.25) is 0 Å². The molecule has 1 aliphatic rings. The predicted octanol–water partition coefficient (Wildman–Crippen LogP) is 0.339. The van der Waals surface area contributed by atoms with E-state index in [4.69, 9.17) is 11.0 Å². The summed E-state index contributed by atoms with van der Waals surface area (Å²) < 4.78 is 0. The first-order valence-corrected chi connectivity index (χ1v) is 4.03. The maximum absolute atomic E-state index is 8.60. The fourth-order valence-corrected chi connectivity index (χ4v) is 1.24. The molecule has 5 nitrogen and oxygen atoms in total. The number of rotatable bonds is 1. The molecule has 2 rings (SSSR count). The molecule has 1 aromatic heterocycles. The number of halogens is 2. The van der Waals surface area contributed by atoms with E-state index >= 15 is 0 Å². The Bertz CT molecular complexity index is 358. The van der Waals surface area contributed by atoms with E-state index in [0.29, 0.717) is 11.6 Å². The minimum absolute atomic E-state index is 0. The fourth-order valence-electron chi connectivity index (χ4n) is 1.24. The van der Waals surface area contributed by atoms with E-state index in [-0.39, 0.29) is 30.9 Å². The lowest BCUT2D eigenvalue weighted by molar-refractivity contribution is 0.508. The Hall–Kier alpha value is -1.09. The first kappa shape index (κ1) is 13.9. The Morgan fingerprint density at radius 1 is 1.47 bits per heavy atom. The van der Waals surface area contributed by atoms with Crippen LogP contribution in [-0.4, -0.2) is 29.1 Å². The summed E-state index contributed by atoms with van der Waals surface area (Å²) in [5.41, 5.74) is 6.01. The van der Waals surface area contributed by atoms with Crippen LogP contribution in [0.5, 0.6) is 0 Å². The number of anilines is 1. The minimum Gasteiger partial charge on any atom is -0.338 e. The SMILES string of the molecule is Cl.Cl.N#Cc1ccnc(N2CC(N)C2)n1. The molecule has 1 aliphatic heterocycles. The Kier molecular flexibility index (Phi) is 5.29. The van der Waals surface area contributed by atoms with Crippen LogP contribution in [-0.2, 0) is 0 Å². The summed E-state index contributed by atoms with van der Waals surface area (Å²) in [5, 5.41) is 8.60. The molecule has 0 spiro atoms. The number of nitriles is 1. The second kappa shape index (κ2) is 5.71. The summed E-state index contributed by atoms with van der Waals surface area (Å²) in [6, 6.07) is 3.78. The molecular weight excluding hydrogens is 237 g/mol. The van der Waals surface area contributed by atoms with Gasteiger partial charge in [0.15, 0.2) is 0 Å². The molecule has 2 heterocycles. The molecule has 7 heteroatoms. The van der Waals surface area contributed by atoms with Crippen LogP contribution in [0.3, 0.4) is 0 Å². The molecule has 0 radical (unpaired) electrons. The van der Waals surface area contributed by atoms with Crippen molar-refractivity contribution in [3.63, 3.8) is 0 Å². The van der Waals surface area contributed by atoms with Gasteiger partial charge >= 0.3 is 0 Å². The minimum atomic E-state index is 0. The zero-order valence-corrected chi connectivity index (χ0v) is 9.46. The van der Waals surface area contributed by atoms with Crippen LogP contribution in [0.2, 0.25) is 0 Å². The number of aromatic nitrogens is 2. The van der Waals surface area contributed by atoms with Crippen LogP contribution in [0.1, 0.15) is 5.69 Å². The van der Waals surface area contributed by atoms with E-state index < -0.39 is 0 Å². The molecule has 0 aromatic carbocycles. The van der Waals surface area contributed by atoms with Crippen molar-refractivity contribution < 1.29 is 0 Å². The highest BCUT2D eigenvalue weighted by Gasteiger charge is 2.25. The van der Waals surface area contributed by atoms with E-state index in [9.17, 15) is 0 Å². The van der Waals surface area contributed by atoms with Gasteiger partial charge in [-0.05, 0) is 6.07 Å². The first-order valence-electron chi connectivity index (χ1n) is 4.03. The van der Waals surface area contributed by atoms with Crippen molar-refractivity contribution in [2.75, 3.05) is 18.0 Å². The molecule has 1 aromatic rings. The molecule has 0 unspecified atom stereocenters. The Labute approximate surface area is 100 Å². The first-order chi connectivity index (χ1) is 6.29. The second-order valence-electron chi connectivity index (χ2n) is 3.02. The van der Waals surface area contributed by atoms with Gasteiger partial charge in [0.25, 0.3) is 0 Å². The highest BCUT2D eigenvalue weighted by atomic mass is 35.5. The summed E-state index contributed by atoms with van der Waals surface area (Å²) in [7, 11) is 0. The smallest absolute Gasteiger partial charge is 0.226 e. The van der Waals surface area contributed by atoms with Crippen LogP contribution >= 0.6 is 24.8 Å². The normalized spacial score (nSPS) is 14.3. The van der Waals surface area contributed by atoms with Crippen LogP contribution in [0.15, 0.2) is 12.3 Å². The molecule has 1 saturated heterocycles. The zero-order valence-electron chi connectivity index (χ0n) is 7.83. The van der Waals surface area contributed by atoms with E-state index in [0.717, 1.165) is 13.1 Å². The van der Waals surface area contributed by atoms with Gasteiger partial charge in [0.2, 0.25) is 5.95 Å². The number of hydrogen-bond donors (Lipinski definition) is 1. The molecule has 0 saturated carbocycles. The van der Waals surface area contributed by atoms with Gasteiger partial charge in [-0.15, -0.1) is 24.8 Å². The van der Waals surface area contributed by atoms with Gasteiger partial charge in [0.05, 0.1) is 0 Å². The van der Waals surface area contributed by atoms with Gasteiger partial charge in [-0.1, -0.05) is 0 Å². The molecule has 82 valence electrons. The van der Waals surface area contributed by atoms with Gasteiger partial charge in [0.1, 0.15) is 11.8 Å². The Balaban J connectivity index is 0.000000980. The van der Waals surface area contributed by atoms with Crippen molar-refractivity contribution >= 4 is 30.8 Å².